The van der Waals surface area contributed by atoms with Gasteiger partial charge in [-0.15, -0.1) is 0 Å². The fraction of sp³-hybridized carbons (Fsp3) is 0.500. The number of carbonyl (C=O) groups excluding carboxylic acids is 1. The van der Waals surface area contributed by atoms with Crippen molar-refractivity contribution in [3.63, 3.8) is 0 Å². The molecule has 1 aromatic rings. The van der Waals surface area contributed by atoms with Gasteiger partial charge in [-0.25, -0.2) is 0 Å². The average Bonchev–Trinajstić information content (AvgIpc) is 2.83. The lowest BCUT2D eigenvalue weighted by atomic mass is 10.0. The zero-order chi connectivity index (χ0) is 13.0. The van der Waals surface area contributed by atoms with Gasteiger partial charge in [0.15, 0.2) is 0 Å². The zero-order valence-corrected chi connectivity index (χ0v) is 11.4. The van der Waals surface area contributed by atoms with E-state index in [0.717, 1.165) is 18.6 Å². The summed E-state index contributed by atoms with van der Waals surface area (Å²) in [4.78, 5) is 11.9. The third kappa shape index (κ3) is 3.27. The molecular weight excluding hydrogens is 246 g/mol. The Bertz CT molecular complexity index is 410. The number of hydrogen-bond donors (Lipinski definition) is 2. The molecule has 98 valence electrons. The van der Waals surface area contributed by atoms with Crippen LogP contribution in [-0.2, 0) is 6.42 Å². The molecule has 0 saturated carbocycles. The summed E-state index contributed by atoms with van der Waals surface area (Å²) in [5.41, 5.74) is 1.16. The number of nitrogens with one attached hydrogen (secondary N) is 1. The van der Waals surface area contributed by atoms with E-state index in [9.17, 15) is 9.90 Å². The molecule has 1 atom stereocenters. The fourth-order valence-electron chi connectivity index (χ4n) is 1.97. The van der Waals surface area contributed by atoms with Crippen LogP contribution in [0.2, 0.25) is 0 Å². The van der Waals surface area contributed by atoms with Gasteiger partial charge in [0.1, 0.15) is 0 Å². The monoisotopic (exact) mass is 265 g/mol. The van der Waals surface area contributed by atoms with Gasteiger partial charge in [0.25, 0.3) is 5.91 Å². The number of benzene rings is 1. The van der Waals surface area contributed by atoms with E-state index in [-0.39, 0.29) is 5.91 Å². The van der Waals surface area contributed by atoms with Gasteiger partial charge in [0, 0.05) is 17.9 Å². The minimum atomic E-state index is -0.719. The molecule has 3 nitrogen and oxygen atoms in total. The summed E-state index contributed by atoms with van der Waals surface area (Å²) in [5.74, 6) is 1.57. The predicted molar refractivity (Wildman–Crippen MR) is 75.0 cm³/mol. The Labute approximate surface area is 112 Å². The van der Waals surface area contributed by atoms with Crippen LogP contribution in [0.1, 0.15) is 29.3 Å². The van der Waals surface area contributed by atoms with Crippen molar-refractivity contribution in [3.8, 4) is 0 Å². The smallest absolute Gasteiger partial charge is 0.251 e. The van der Waals surface area contributed by atoms with Crippen molar-refractivity contribution in [2.45, 2.75) is 25.4 Å². The second kappa shape index (κ2) is 5.76. The molecule has 4 heteroatoms. The highest BCUT2D eigenvalue weighted by Gasteiger charge is 2.31. The fourth-order valence-corrected chi connectivity index (χ4v) is 3.27. The highest BCUT2D eigenvalue weighted by Crippen LogP contribution is 2.27. The van der Waals surface area contributed by atoms with Crippen LogP contribution in [0.3, 0.4) is 0 Å². The number of hydrogen-bond acceptors (Lipinski definition) is 3. The quantitative estimate of drug-likeness (QED) is 0.873. The van der Waals surface area contributed by atoms with E-state index >= 15 is 0 Å². The van der Waals surface area contributed by atoms with E-state index in [4.69, 9.17) is 0 Å². The van der Waals surface area contributed by atoms with E-state index in [1.807, 2.05) is 24.3 Å². The molecule has 1 saturated heterocycles. The molecule has 0 unspecified atom stereocenters. The van der Waals surface area contributed by atoms with Crippen LogP contribution in [0.4, 0.5) is 0 Å². The van der Waals surface area contributed by atoms with Gasteiger partial charge >= 0.3 is 0 Å². The number of rotatable bonds is 4. The molecule has 1 aliphatic rings. The summed E-state index contributed by atoms with van der Waals surface area (Å²) in [7, 11) is 0. The Balaban J connectivity index is 1.90. The maximum Gasteiger partial charge on any atom is 0.251 e. The summed E-state index contributed by atoms with van der Waals surface area (Å²) in [6.07, 6.45) is 1.73. The normalized spacial score (nSPS) is 23.0. The Kier molecular flexibility index (Phi) is 4.30. The van der Waals surface area contributed by atoms with Crippen LogP contribution in [-0.4, -0.2) is 34.7 Å². The molecule has 0 aliphatic carbocycles. The molecule has 1 amide bonds. The second-order valence-electron chi connectivity index (χ2n) is 4.76. The largest absolute Gasteiger partial charge is 0.387 e. The molecule has 1 aromatic carbocycles. The first kappa shape index (κ1) is 13.4. The molecule has 1 fully saturated rings. The molecule has 2 rings (SSSR count). The van der Waals surface area contributed by atoms with Crippen molar-refractivity contribution in [1.29, 1.82) is 0 Å². The molecule has 0 bridgehead atoms. The Morgan fingerprint density at radius 3 is 2.72 bits per heavy atom. The third-order valence-corrected chi connectivity index (χ3v) is 4.52. The van der Waals surface area contributed by atoms with E-state index < -0.39 is 5.60 Å². The van der Waals surface area contributed by atoms with Crippen LogP contribution in [0.5, 0.6) is 0 Å². The maximum atomic E-state index is 11.9. The van der Waals surface area contributed by atoms with Crippen LogP contribution >= 0.6 is 11.8 Å². The molecule has 1 aliphatic heterocycles. The minimum absolute atomic E-state index is 0.108. The van der Waals surface area contributed by atoms with Crippen molar-refractivity contribution in [3.05, 3.63) is 35.4 Å². The molecular formula is C14H19NO2S. The standard InChI is InChI=1S/C14H19NO2S/c1-2-11-3-5-12(6-4-11)13(16)15-9-14(17)7-8-18-10-14/h3-6,17H,2,7-10H2,1H3,(H,15,16)/t14-/m1/s1. The predicted octanol–water partition coefficient (Wildman–Crippen LogP) is 1.85. The van der Waals surface area contributed by atoms with Gasteiger partial charge in [-0.1, -0.05) is 19.1 Å². The number of aliphatic hydroxyl groups is 1. The van der Waals surface area contributed by atoms with Crippen LogP contribution in [0, 0.1) is 0 Å². The van der Waals surface area contributed by atoms with Crippen LogP contribution in [0.15, 0.2) is 24.3 Å². The van der Waals surface area contributed by atoms with Gasteiger partial charge in [0.2, 0.25) is 0 Å². The highest BCUT2D eigenvalue weighted by molar-refractivity contribution is 7.99. The SMILES string of the molecule is CCc1ccc(C(=O)NC[C@]2(O)CCSC2)cc1. The summed E-state index contributed by atoms with van der Waals surface area (Å²) >= 11 is 1.73. The molecule has 18 heavy (non-hydrogen) atoms. The lowest BCUT2D eigenvalue weighted by Crippen LogP contribution is -2.42. The first-order chi connectivity index (χ1) is 8.63. The van der Waals surface area contributed by atoms with Crippen LogP contribution in [0.25, 0.3) is 0 Å². The van der Waals surface area contributed by atoms with Crippen molar-refractivity contribution in [2.24, 2.45) is 0 Å². The number of thioether (sulfide) groups is 1. The Morgan fingerprint density at radius 2 is 2.17 bits per heavy atom. The van der Waals surface area contributed by atoms with Crippen LogP contribution < -0.4 is 5.32 Å². The van der Waals surface area contributed by atoms with Gasteiger partial charge < -0.3 is 10.4 Å². The first-order valence-electron chi connectivity index (χ1n) is 6.30. The van der Waals surface area contributed by atoms with Gasteiger partial charge in [-0.2, -0.15) is 11.8 Å². The number of aryl methyl sites for hydroxylation is 1. The number of amides is 1. The molecule has 0 radical (unpaired) electrons. The molecule has 1 heterocycles. The Hall–Kier alpha value is -1.00. The molecule has 0 aromatic heterocycles. The minimum Gasteiger partial charge on any atom is -0.387 e. The Morgan fingerprint density at radius 1 is 1.44 bits per heavy atom. The van der Waals surface area contributed by atoms with E-state index in [1.54, 1.807) is 11.8 Å². The summed E-state index contributed by atoms with van der Waals surface area (Å²) < 4.78 is 0. The van der Waals surface area contributed by atoms with Crippen molar-refractivity contribution in [2.75, 3.05) is 18.1 Å². The van der Waals surface area contributed by atoms with Crippen molar-refractivity contribution in [1.82, 2.24) is 5.32 Å². The molecule has 0 spiro atoms. The van der Waals surface area contributed by atoms with Gasteiger partial charge in [-0.3, -0.25) is 4.79 Å². The average molecular weight is 265 g/mol. The van der Waals surface area contributed by atoms with E-state index in [0.29, 0.717) is 17.9 Å². The third-order valence-electron chi connectivity index (χ3n) is 3.28. The molecule has 2 N–H and O–H groups in total. The maximum absolute atomic E-state index is 11.9. The highest BCUT2D eigenvalue weighted by atomic mass is 32.2. The van der Waals surface area contributed by atoms with E-state index in [1.165, 1.54) is 5.56 Å². The lowest BCUT2D eigenvalue weighted by Gasteiger charge is -2.21. The number of carbonyl (C=O) groups is 1. The van der Waals surface area contributed by atoms with Crippen molar-refractivity contribution < 1.29 is 9.90 Å². The van der Waals surface area contributed by atoms with Gasteiger partial charge in [0.05, 0.1) is 5.60 Å². The topological polar surface area (TPSA) is 49.3 Å². The summed E-state index contributed by atoms with van der Waals surface area (Å²) in [6.45, 7) is 2.43. The summed E-state index contributed by atoms with van der Waals surface area (Å²) in [5, 5.41) is 13.0. The van der Waals surface area contributed by atoms with E-state index in [2.05, 4.69) is 12.2 Å². The zero-order valence-electron chi connectivity index (χ0n) is 10.6. The lowest BCUT2D eigenvalue weighted by molar-refractivity contribution is 0.0612. The van der Waals surface area contributed by atoms with Crippen molar-refractivity contribution >= 4 is 17.7 Å². The van der Waals surface area contributed by atoms with Gasteiger partial charge in [-0.05, 0) is 36.3 Å². The second-order valence-corrected chi connectivity index (χ2v) is 5.87. The first-order valence-corrected chi connectivity index (χ1v) is 7.46. The summed E-state index contributed by atoms with van der Waals surface area (Å²) in [6, 6.07) is 7.60.